The van der Waals surface area contributed by atoms with Crippen molar-refractivity contribution >= 4 is 10.0 Å². The van der Waals surface area contributed by atoms with E-state index in [1.165, 1.54) is 5.56 Å². The zero-order valence-corrected chi connectivity index (χ0v) is 16.6. The fourth-order valence-electron chi connectivity index (χ4n) is 3.41. The molecule has 1 aliphatic rings. The van der Waals surface area contributed by atoms with Gasteiger partial charge in [-0.05, 0) is 36.1 Å². The maximum atomic E-state index is 13.0. The first-order valence-corrected chi connectivity index (χ1v) is 10.7. The molecule has 26 heavy (non-hydrogen) atoms. The maximum absolute atomic E-state index is 13.0. The smallest absolute Gasteiger partial charge is 0.243 e. The van der Waals surface area contributed by atoms with Crippen LogP contribution in [0.5, 0.6) is 0 Å². The number of piperazine rings is 1. The molecule has 3 rings (SSSR count). The molecule has 0 aromatic heterocycles. The van der Waals surface area contributed by atoms with Gasteiger partial charge in [-0.15, -0.1) is 0 Å². The Morgan fingerprint density at radius 2 is 1.65 bits per heavy atom. The first-order valence-electron chi connectivity index (χ1n) is 9.26. The lowest BCUT2D eigenvalue weighted by Crippen LogP contribution is -2.53. The number of benzene rings is 2. The number of nitrogens with zero attached hydrogens (tertiary/aromatic N) is 2. The van der Waals surface area contributed by atoms with Crippen molar-refractivity contribution in [1.29, 1.82) is 0 Å². The van der Waals surface area contributed by atoms with Gasteiger partial charge in [0.2, 0.25) is 10.0 Å². The summed E-state index contributed by atoms with van der Waals surface area (Å²) >= 11 is 0. The number of hydrogen-bond donors (Lipinski definition) is 0. The SMILES string of the molecule is CC(C)c1ccc(S(=O)(=O)N2CCN(Cc3ccccc3)C(C)C2)cc1. The molecular weight excluding hydrogens is 344 g/mol. The summed E-state index contributed by atoms with van der Waals surface area (Å²) in [4.78, 5) is 2.74. The van der Waals surface area contributed by atoms with Gasteiger partial charge in [-0.25, -0.2) is 8.42 Å². The largest absolute Gasteiger partial charge is 0.294 e. The van der Waals surface area contributed by atoms with Crippen molar-refractivity contribution < 1.29 is 8.42 Å². The quantitative estimate of drug-likeness (QED) is 0.803. The summed E-state index contributed by atoms with van der Waals surface area (Å²) in [6.07, 6.45) is 0. The summed E-state index contributed by atoms with van der Waals surface area (Å²) in [5.41, 5.74) is 2.42. The molecular formula is C21H28N2O2S. The van der Waals surface area contributed by atoms with Crippen molar-refractivity contribution in [3.05, 3.63) is 65.7 Å². The van der Waals surface area contributed by atoms with Crippen LogP contribution in [-0.2, 0) is 16.6 Å². The van der Waals surface area contributed by atoms with Crippen LogP contribution in [-0.4, -0.2) is 43.3 Å². The molecule has 1 saturated heterocycles. The summed E-state index contributed by atoms with van der Waals surface area (Å²) in [6, 6.07) is 17.9. The molecule has 1 fully saturated rings. The molecule has 2 aromatic carbocycles. The average molecular weight is 373 g/mol. The van der Waals surface area contributed by atoms with E-state index in [4.69, 9.17) is 0 Å². The van der Waals surface area contributed by atoms with Gasteiger partial charge in [0.1, 0.15) is 0 Å². The minimum atomic E-state index is -3.43. The van der Waals surface area contributed by atoms with E-state index in [-0.39, 0.29) is 6.04 Å². The summed E-state index contributed by atoms with van der Waals surface area (Å²) in [6.45, 7) is 8.99. The molecule has 1 aliphatic heterocycles. The van der Waals surface area contributed by atoms with Crippen LogP contribution in [0.25, 0.3) is 0 Å². The molecule has 140 valence electrons. The third-order valence-electron chi connectivity index (χ3n) is 5.14. The van der Waals surface area contributed by atoms with Crippen molar-refractivity contribution in [2.24, 2.45) is 0 Å². The van der Waals surface area contributed by atoms with Crippen LogP contribution in [0.4, 0.5) is 0 Å². The number of rotatable bonds is 5. The molecule has 2 aromatic rings. The van der Waals surface area contributed by atoms with Gasteiger partial charge in [-0.1, -0.05) is 56.3 Å². The topological polar surface area (TPSA) is 40.6 Å². The third kappa shape index (κ3) is 4.17. The average Bonchev–Trinajstić information content (AvgIpc) is 2.64. The van der Waals surface area contributed by atoms with E-state index >= 15 is 0 Å². The van der Waals surface area contributed by atoms with Crippen molar-refractivity contribution in [3.8, 4) is 0 Å². The van der Waals surface area contributed by atoms with Gasteiger partial charge in [0.15, 0.2) is 0 Å². The van der Waals surface area contributed by atoms with Gasteiger partial charge in [0.25, 0.3) is 0 Å². The molecule has 1 unspecified atom stereocenters. The molecule has 0 radical (unpaired) electrons. The first-order chi connectivity index (χ1) is 12.4. The van der Waals surface area contributed by atoms with Crippen molar-refractivity contribution in [1.82, 2.24) is 9.21 Å². The van der Waals surface area contributed by atoms with Gasteiger partial charge in [0, 0.05) is 32.2 Å². The fraction of sp³-hybridized carbons (Fsp3) is 0.429. The highest BCUT2D eigenvalue weighted by Crippen LogP contribution is 2.23. The minimum Gasteiger partial charge on any atom is -0.294 e. The fourth-order valence-corrected chi connectivity index (χ4v) is 4.92. The molecule has 0 N–H and O–H groups in total. The monoisotopic (exact) mass is 372 g/mol. The van der Waals surface area contributed by atoms with Gasteiger partial charge < -0.3 is 0 Å². The summed E-state index contributed by atoms with van der Waals surface area (Å²) < 4.78 is 27.6. The van der Waals surface area contributed by atoms with Crippen LogP contribution in [0.2, 0.25) is 0 Å². The highest BCUT2D eigenvalue weighted by molar-refractivity contribution is 7.89. The second-order valence-corrected chi connectivity index (χ2v) is 9.33. The molecule has 0 aliphatic carbocycles. The highest BCUT2D eigenvalue weighted by Gasteiger charge is 2.32. The zero-order chi connectivity index (χ0) is 18.7. The molecule has 0 spiro atoms. The van der Waals surface area contributed by atoms with Gasteiger partial charge in [-0.3, -0.25) is 4.90 Å². The van der Waals surface area contributed by atoms with Crippen LogP contribution in [0.3, 0.4) is 0 Å². The lowest BCUT2D eigenvalue weighted by Gasteiger charge is -2.39. The lowest BCUT2D eigenvalue weighted by atomic mass is 10.0. The standard InChI is InChI=1S/C21H28N2O2S/c1-17(2)20-9-11-21(12-10-20)26(24,25)23-14-13-22(18(3)15-23)16-19-7-5-4-6-8-19/h4-12,17-18H,13-16H2,1-3H3. The molecule has 0 amide bonds. The summed E-state index contributed by atoms with van der Waals surface area (Å²) in [5.74, 6) is 0.397. The van der Waals surface area contributed by atoms with Crippen LogP contribution in [0.1, 0.15) is 37.8 Å². The second-order valence-electron chi connectivity index (χ2n) is 7.39. The molecule has 5 heteroatoms. The van der Waals surface area contributed by atoms with E-state index in [1.807, 2.05) is 30.3 Å². The van der Waals surface area contributed by atoms with Crippen molar-refractivity contribution in [2.45, 2.75) is 44.2 Å². The number of hydrogen-bond acceptors (Lipinski definition) is 3. The normalized spacial score (nSPS) is 19.8. The van der Waals surface area contributed by atoms with Crippen molar-refractivity contribution in [2.75, 3.05) is 19.6 Å². The van der Waals surface area contributed by atoms with Crippen LogP contribution >= 0.6 is 0 Å². The van der Waals surface area contributed by atoms with Crippen LogP contribution in [0.15, 0.2) is 59.5 Å². The van der Waals surface area contributed by atoms with Crippen molar-refractivity contribution in [3.63, 3.8) is 0 Å². The van der Waals surface area contributed by atoms with E-state index in [0.717, 1.165) is 18.7 Å². The summed E-state index contributed by atoms with van der Waals surface area (Å²) in [7, 11) is -3.43. The Kier molecular flexibility index (Phi) is 5.80. The minimum absolute atomic E-state index is 0.189. The van der Waals surface area contributed by atoms with E-state index in [2.05, 4.69) is 37.8 Å². The Morgan fingerprint density at radius 1 is 1.00 bits per heavy atom. The predicted molar refractivity (Wildman–Crippen MR) is 106 cm³/mol. The second kappa shape index (κ2) is 7.91. The first kappa shape index (κ1) is 19.1. The van der Waals surface area contributed by atoms with Crippen LogP contribution in [0, 0.1) is 0 Å². The van der Waals surface area contributed by atoms with E-state index < -0.39 is 10.0 Å². The molecule has 0 bridgehead atoms. The van der Waals surface area contributed by atoms with Gasteiger partial charge in [-0.2, -0.15) is 4.31 Å². The van der Waals surface area contributed by atoms with Gasteiger partial charge >= 0.3 is 0 Å². The number of sulfonamides is 1. The lowest BCUT2D eigenvalue weighted by molar-refractivity contribution is 0.122. The molecule has 4 nitrogen and oxygen atoms in total. The Labute approximate surface area is 157 Å². The third-order valence-corrected chi connectivity index (χ3v) is 7.02. The van der Waals surface area contributed by atoms with E-state index in [1.54, 1.807) is 16.4 Å². The Morgan fingerprint density at radius 3 is 2.23 bits per heavy atom. The highest BCUT2D eigenvalue weighted by atomic mass is 32.2. The molecule has 1 atom stereocenters. The Hall–Kier alpha value is -1.69. The molecule has 1 heterocycles. The predicted octanol–water partition coefficient (Wildman–Crippen LogP) is 3.71. The zero-order valence-electron chi connectivity index (χ0n) is 15.8. The molecule has 0 saturated carbocycles. The Balaban J connectivity index is 1.69. The van der Waals surface area contributed by atoms with E-state index in [0.29, 0.717) is 23.9 Å². The van der Waals surface area contributed by atoms with E-state index in [9.17, 15) is 8.42 Å². The Bertz CT molecular complexity index is 817. The van der Waals surface area contributed by atoms with Crippen LogP contribution < -0.4 is 0 Å². The maximum Gasteiger partial charge on any atom is 0.243 e. The van der Waals surface area contributed by atoms with Gasteiger partial charge in [0.05, 0.1) is 4.90 Å². The summed E-state index contributed by atoms with van der Waals surface area (Å²) in [5, 5.41) is 0.